The predicted molar refractivity (Wildman–Crippen MR) is 51.8 cm³/mol. The Hall–Kier alpha value is -1.63. The molecule has 0 N–H and O–H groups in total. The van der Waals surface area contributed by atoms with Crippen LogP contribution in [0.15, 0.2) is 6.07 Å². The first-order valence-electron chi connectivity index (χ1n) is 4.50. The molecule has 1 aromatic rings. The van der Waals surface area contributed by atoms with Gasteiger partial charge in [0.1, 0.15) is 17.6 Å². The maximum atomic E-state index is 8.67. The van der Waals surface area contributed by atoms with Gasteiger partial charge in [-0.25, -0.2) is 4.98 Å². The smallest absolute Gasteiger partial charge is 0.217 e. The molecule has 0 unspecified atom stereocenters. The van der Waals surface area contributed by atoms with Crippen molar-refractivity contribution in [2.24, 2.45) is 5.92 Å². The van der Waals surface area contributed by atoms with E-state index in [4.69, 9.17) is 10.00 Å². The van der Waals surface area contributed by atoms with Gasteiger partial charge >= 0.3 is 0 Å². The first-order chi connectivity index (χ1) is 6.61. The molecule has 0 aliphatic rings. The molecule has 0 fully saturated rings. The number of hydrogen-bond donors (Lipinski definition) is 0. The molecule has 0 aromatic carbocycles. The summed E-state index contributed by atoms with van der Waals surface area (Å²) >= 11 is 0. The van der Waals surface area contributed by atoms with Gasteiger partial charge in [0.15, 0.2) is 0 Å². The van der Waals surface area contributed by atoms with E-state index in [0.717, 1.165) is 0 Å². The van der Waals surface area contributed by atoms with Crippen LogP contribution in [-0.4, -0.2) is 16.6 Å². The monoisotopic (exact) mass is 191 g/mol. The third-order valence-electron chi connectivity index (χ3n) is 1.49. The van der Waals surface area contributed by atoms with E-state index in [1.165, 1.54) is 0 Å². The summed E-state index contributed by atoms with van der Waals surface area (Å²) in [5.41, 5.74) is 0.344. The minimum absolute atomic E-state index is 0.344. The van der Waals surface area contributed by atoms with E-state index >= 15 is 0 Å². The molecule has 0 saturated carbocycles. The van der Waals surface area contributed by atoms with Crippen molar-refractivity contribution < 1.29 is 4.74 Å². The molecule has 0 atom stereocenters. The number of nitriles is 1. The predicted octanol–water partition coefficient (Wildman–Crippen LogP) is 1.69. The average molecular weight is 191 g/mol. The normalized spacial score (nSPS) is 9.93. The average Bonchev–Trinajstić information content (AvgIpc) is 2.14. The van der Waals surface area contributed by atoms with E-state index in [1.807, 2.05) is 6.07 Å². The fourth-order valence-electron chi connectivity index (χ4n) is 0.924. The highest BCUT2D eigenvalue weighted by molar-refractivity contribution is 5.25. The highest BCUT2D eigenvalue weighted by Gasteiger charge is 2.02. The number of ether oxygens (including phenoxy) is 1. The zero-order valence-electron chi connectivity index (χ0n) is 8.61. The lowest BCUT2D eigenvalue weighted by Crippen LogP contribution is -2.07. The van der Waals surface area contributed by atoms with Gasteiger partial charge in [-0.3, -0.25) is 0 Å². The number of nitrogens with zero attached hydrogens (tertiary/aromatic N) is 3. The van der Waals surface area contributed by atoms with Gasteiger partial charge < -0.3 is 4.74 Å². The van der Waals surface area contributed by atoms with E-state index < -0.39 is 0 Å². The molecule has 0 saturated heterocycles. The zero-order valence-corrected chi connectivity index (χ0v) is 8.61. The lowest BCUT2D eigenvalue weighted by Gasteiger charge is -2.07. The van der Waals surface area contributed by atoms with E-state index in [1.54, 1.807) is 13.0 Å². The van der Waals surface area contributed by atoms with Crippen LogP contribution in [0.2, 0.25) is 0 Å². The van der Waals surface area contributed by atoms with E-state index in [9.17, 15) is 0 Å². The highest BCUT2D eigenvalue weighted by atomic mass is 16.5. The molecule has 0 aliphatic carbocycles. The maximum absolute atomic E-state index is 8.67. The van der Waals surface area contributed by atoms with Gasteiger partial charge in [0.2, 0.25) is 5.88 Å². The summed E-state index contributed by atoms with van der Waals surface area (Å²) in [4.78, 5) is 8.00. The van der Waals surface area contributed by atoms with Gasteiger partial charge in [-0.15, -0.1) is 0 Å². The van der Waals surface area contributed by atoms with Crippen LogP contribution in [0, 0.1) is 24.2 Å². The van der Waals surface area contributed by atoms with Crippen LogP contribution < -0.4 is 4.74 Å². The molecule has 0 bridgehead atoms. The Morgan fingerprint density at radius 3 is 2.79 bits per heavy atom. The molecular formula is C10H13N3O. The third kappa shape index (κ3) is 3.02. The summed E-state index contributed by atoms with van der Waals surface area (Å²) in [5.74, 6) is 1.47. The first-order valence-corrected chi connectivity index (χ1v) is 4.50. The van der Waals surface area contributed by atoms with Crippen molar-refractivity contribution in [2.75, 3.05) is 6.61 Å². The summed E-state index contributed by atoms with van der Waals surface area (Å²) in [5, 5.41) is 8.67. The Kier molecular flexibility index (Phi) is 3.41. The van der Waals surface area contributed by atoms with Crippen molar-refractivity contribution in [2.45, 2.75) is 20.8 Å². The van der Waals surface area contributed by atoms with Gasteiger partial charge in [-0.05, 0) is 12.8 Å². The quantitative estimate of drug-likeness (QED) is 0.729. The second kappa shape index (κ2) is 4.56. The molecule has 0 aliphatic heterocycles. The molecule has 4 nitrogen and oxygen atoms in total. The minimum atomic E-state index is 0.344. The van der Waals surface area contributed by atoms with Gasteiger partial charge in [0.25, 0.3) is 0 Å². The fraction of sp³-hybridized carbons (Fsp3) is 0.500. The fourth-order valence-corrected chi connectivity index (χ4v) is 0.924. The molecule has 0 spiro atoms. The van der Waals surface area contributed by atoms with Crippen LogP contribution >= 0.6 is 0 Å². The lowest BCUT2D eigenvalue weighted by atomic mass is 10.2. The van der Waals surface area contributed by atoms with Crippen LogP contribution in [-0.2, 0) is 0 Å². The number of aromatic nitrogens is 2. The van der Waals surface area contributed by atoms with Crippen molar-refractivity contribution in [3.8, 4) is 11.9 Å². The van der Waals surface area contributed by atoms with E-state index in [-0.39, 0.29) is 0 Å². The topological polar surface area (TPSA) is 58.8 Å². The molecule has 4 heteroatoms. The Labute approximate surface area is 83.6 Å². The number of rotatable bonds is 3. The van der Waals surface area contributed by atoms with Gasteiger partial charge in [0, 0.05) is 6.07 Å². The standard InChI is InChI=1S/C10H13N3O/c1-7(2)6-14-10-4-9(5-11)12-8(3)13-10/h4,7H,6H2,1-3H3. The highest BCUT2D eigenvalue weighted by Crippen LogP contribution is 2.09. The molecule has 0 amide bonds. The number of hydrogen-bond acceptors (Lipinski definition) is 4. The molecule has 74 valence electrons. The van der Waals surface area contributed by atoms with Gasteiger partial charge in [0.05, 0.1) is 6.61 Å². The molecule has 1 rings (SSSR count). The van der Waals surface area contributed by atoms with E-state index in [2.05, 4.69) is 23.8 Å². The van der Waals surface area contributed by atoms with Gasteiger partial charge in [-0.1, -0.05) is 13.8 Å². The van der Waals surface area contributed by atoms with Gasteiger partial charge in [-0.2, -0.15) is 10.2 Å². The lowest BCUT2D eigenvalue weighted by molar-refractivity contribution is 0.260. The van der Waals surface area contributed by atoms with Crippen LogP contribution in [0.25, 0.3) is 0 Å². The van der Waals surface area contributed by atoms with Crippen molar-refractivity contribution in [1.29, 1.82) is 5.26 Å². The Morgan fingerprint density at radius 1 is 1.50 bits per heavy atom. The Balaban J connectivity index is 2.78. The van der Waals surface area contributed by atoms with Crippen molar-refractivity contribution >= 4 is 0 Å². The second-order valence-corrected chi connectivity index (χ2v) is 3.46. The minimum Gasteiger partial charge on any atom is -0.477 e. The van der Waals surface area contributed by atoms with Crippen LogP contribution in [0.1, 0.15) is 25.4 Å². The molecule has 0 radical (unpaired) electrons. The zero-order chi connectivity index (χ0) is 10.6. The van der Waals surface area contributed by atoms with Crippen LogP contribution in [0.5, 0.6) is 5.88 Å². The molecule has 14 heavy (non-hydrogen) atoms. The summed E-state index contributed by atoms with van der Waals surface area (Å²) in [6.07, 6.45) is 0. The number of aryl methyl sites for hydroxylation is 1. The molecular weight excluding hydrogens is 178 g/mol. The van der Waals surface area contributed by atoms with Crippen molar-refractivity contribution in [3.05, 3.63) is 17.6 Å². The van der Waals surface area contributed by atoms with Crippen LogP contribution in [0.4, 0.5) is 0 Å². The Bertz CT molecular complexity index is 355. The van der Waals surface area contributed by atoms with Crippen molar-refractivity contribution in [1.82, 2.24) is 9.97 Å². The summed E-state index contributed by atoms with van der Waals surface area (Å²) in [6, 6.07) is 3.52. The van der Waals surface area contributed by atoms with E-state index in [0.29, 0.717) is 29.9 Å². The molecule has 1 heterocycles. The summed E-state index contributed by atoms with van der Waals surface area (Å²) in [7, 11) is 0. The maximum Gasteiger partial charge on any atom is 0.217 e. The summed E-state index contributed by atoms with van der Waals surface area (Å²) < 4.78 is 5.39. The third-order valence-corrected chi connectivity index (χ3v) is 1.49. The second-order valence-electron chi connectivity index (χ2n) is 3.46. The SMILES string of the molecule is Cc1nc(C#N)cc(OCC(C)C)n1. The summed E-state index contributed by atoms with van der Waals surface area (Å²) in [6.45, 7) is 6.45. The molecule has 1 aromatic heterocycles. The van der Waals surface area contributed by atoms with Crippen molar-refractivity contribution in [3.63, 3.8) is 0 Å². The Morgan fingerprint density at radius 2 is 2.21 bits per heavy atom. The van der Waals surface area contributed by atoms with Crippen LogP contribution in [0.3, 0.4) is 0 Å². The first kappa shape index (κ1) is 10.5. The largest absolute Gasteiger partial charge is 0.477 e.